The van der Waals surface area contributed by atoms with Crippen LogP contribution in [0.5, 0.6) is 0 Å². The van der Waals surface area contributed by atoms with E-state index in [4.69, 9.17) is 9.15 Å². The zero-order chi connectivity index (χ0) is 22.2. The Bertz CT molecular complexity index is 840. The van der Waals surface area contributed by atoms with Crippen molar-refractivity contribution in [3.8, 4) is 0 Å². The third kappa shape index (κ3) is 7.24. The van der Waals surface area contributed by atoms with Gasteiger partial charge in [0, 0.05) is 26.1 Å². The van der Waals surface area contributed by atoms with Crippen LogP contribution in [0.15, 0.2) is 46.9 Å². The first-order chi connectivity index (χ1) is 14.9. The number of carbonyl (C=O) groups excluding carboxylic acids is 2. The number of nitrogens with zero attached hydrogens (tertiary/aromatic N) is 2. The van der Waals surface area contributed by atoms with Gasteiger partial charge in [-0.15, -0.1) is 0 Å². The van der Waals surface area contributed by atoms with Crippen molar-refractivity contribution < 1.29 is 18.7 Å². The lowest BCUT2D eigenvalue weighted by molar-refractivity contribution is -0.143. The second-order valence-corrected chi connectivity index (χ2v) is 8.76. The van der Waals surface area contributed by atoms with Gasteiger partial charge in [0.25, 0.3) is 0 Å². The van der Waals surface area contributed by atoms with E-state index in [0.717, 1.165) is 36.5 Å². The van der Waals surface area contributed by atoms with E-state index in [1.165, 1.54) is 0 Å². The summed E-state index contributed by atoms with van der Waals surface area (Å²) < 4.78 is 11.5. The topological polar surface area (TPSA) is 63.0 Å². The predicted octanol–water partition coefficient (Wildman–Crippen LogP) is 4.17. The van der Waals surface area contributed by atoms with Crippen molar-refractivity contribution in [1.82, 2.24) is 9.80 Å². The van der Waals surface area contributed by atoms with E-state index in [0.29, 0.717) is 26.1 Å². The van der Waals surface area contributed by atoms with Crippen molar-refractivity contribution in [2.24, 2.45) is 5.92 Å². The van der Waals surface area contributed by atoms with E-state index in [1.54, 1.807) is 9.80 Å². The van der Waals surface area contributed by atoms with Crippen LogP contribution in [0.1, 0.15) is 50.2 Å². The Labute approximate surface area is 185 Å². The Morgan fingerprint density at radius 3 is 2.42 bits per heavy atom. The molecule has 0 saturated carbocycles. The molecule has 6 heteroatoms. The van der Waals surface area contributed by atoms with Crippen molar-refractivity contribution in [3.05, 3.63) is 59.5 Å². The molecule has 1 saturated heterocycles. The molecule has 168 valence electrons. The number of ether oxygens (including phenoxy) is 1. The van der Waals surface area contributed by atoms with Gasteiger partial charge in [-0.3, -0.25) is 9.59 Å². The van der Waals surface area contributed by atoms with Gasteiger partial charge in [0.1, 0.15) is 11.5 Å². The fraction of sp³-hybridized carbons (Fsp3) is 0.520. The number of amides is 2. The molecule has 2 amide bonds. The van der Waals surface area contributed by atoms with E-state index in [-0.39, 0.29) is 30.4 Å². The lowest BCUT2D eigenvalue weighted by Crippen LogP contribution is -2.45. The Balaban J connectivity index is 1.74. The molecule has 0 radical (unpaired) electrons. The number of benzene rings is 1. The third-order valence-electron chi connectivity index (χ3n) is 5.42. The molecular weight excluding hydrogens is 392 g/mol. The van der Waals surface area contributed by atoms with Crippen LogP contribution in [-0.2, 0) is 27.4 Å². The van der Waals surface area contributed by atoms with Gasteiger partial charge < -0.3 is 19.0 Å². The Morgan fingerprint density at radius 2 is 1.81 bits per heavy atom. The van der Waals surface area contributed by atoms with Gasteiger partial charge in [-0.05, 0) is 43.4 Å². The molecule has 0 aliphatic carbocycles. The summed E-state index contributed by atoms with van der Waals surface area (Å²) in [7, 11) is 0. The number of carbonyl (C=O) groups is 2. The average molecular weight is 427 g/mol. The Hall–Kier alpha value is -2.60. The summed E-state index contributed by atoms with van der Waals surface area (Å²) in [6.45, 7) is 8.01. The monoisotopic (exact) mass is 426 g/mol. The zero-order valence-electron chi connectivity index (χ0n) is 18.9. The van der Waals surface area contributed by atoms with Gasteiger partial charge in [0.05, 0.1) is 19.2 Å². The fourth-order valence-electron chi connectivity index (χ4n) is 3.82. The first-order valence-corrected chi connectivity index (χ1v) is 11.2. The molecule has 0 unspecified atom stereocenters. The highest BCUT2D eigenvalue weighted by molar-refractivity contribution is 5.85. The first-order valence-electron chi connectivity index (χ1n) is 11.2. The summed E-state index contributed by atoms with van der Waals surface area (Å²) in [5.74, 6) is 1.71. The molecule has 1 aliphatic heterocycles. The molecule has 0 spiro atoms. The average Bonchev–Trinajstić information content (AvgIpc) is 3.39. The summed E-state index contributed by atoms with van der Waals surface area (Å²) in [6.07, 6.45) is 2.37. The fourth-order valence-corrected chi connectivity index (χ4v) is 3.82. The van der Waals surface area contributed by atoms with Crippen molar-refractivity contribution in [1.29, 1.82) is 0 Å². The van der Waals surface area contributed by atoms with Gasteiger partial charge in [0.2, 0.25) is 11.8 Å². The van der Waals surface area contributed by atoms with Crippen LogP contribution >= 0.6 is 0 Å². The molecule has 2 aromatic rings. The maximum atomic E-state index is 13.4. The highest BCUT2D eigenvalue weighted by atomic mass is 16.5. The predicted molar refractivity (Wildman–Crippen MR) is 119 cm³/mol. The normalized spacial score (nSPS) is 15.9. The lowest BCUT2D eigenvalue weighted by atomic mass is 10.1. The lowest BCUT2D eigenvalue weighted by Gasteiger charge is -2.29. The Morgan fingerprint density at radius 1 is 1.03 bits per heavy atom. The van der Waals surface area contributed by atoms with Crippen LogP contribution in [-0.4, -0.2) is 47.4 Å². The molecule has 2 heterocycles. The van der Waals surface area contributed by atoms with Gasteiger partial charge >= 0.3 is 0 Å². The number of hydrogen-bond acceptors (Lipinski definition) is 4. The van der Waals surface area contributed by atoms with E-state index < -0.39 is 0 Å². The minimum atomic E-state index is -0.0898. The summed E-state index contributed by atoms with van der Waals surface area (Å²) in [5, 5.41) is 0. The maximum absolute atomic E-state index is 13.4. The first kappa shape index (κ1) is 23.1. The molecule has 0 N–H and O–H groups in total. The van der Waals surface area contributed by atoms with Crippen molar-refractivity contribution in [2.75, 3.05) is 19.7 Å². The molecule has 1 aromatic carbocycles. The van der Waals surface area contributed by atoms with Crippen LogP contribution in [0.2, 0.25) is 0 Å². The number of furan rings is 1. The van der Waals surface area contributed by atoms with Crippen molar-refractivity contribution >= 4 is 11.8 Å². The molecule has 1 aliphatic rings. The minimum Gasteiger partial charge on any atom is -0.464 e. The number of rotatable bonds is 10. The maximum Gasteiger partial charge on any atom is 0.242 e. The molecule has 1 fully saturated rings. The molecule has 3 rings (SSSR count). The molecule has 0 bridgehead atoms. The summed E-state index contributed by atoms with van der Waals surface area (Å²) in [5.41, 5.74) is 1.04. The standard InChI is InChI=1S/C25H34N2O4/c1-19(2)14-24(28)27(16-22-10-7-13-30-22)18-25(29)26(15-21-8-5-4-6-9-21)17-23-12-11-20(3)31-23/h4-6,8-9,11-12,19,22H,7,10,13-18H2,1-3H3/t22-/m1/s1. The quantitative estimate of drug-likeness (QED) is 0.572. The van der Waals surface area contributed by atoms with E-state index in [2.05, 4.69) is 0 Å². The second kappa shape index (κ2) is 11.1. The molecule has 31 heavy (non-hydrogen) atoms. The number of aryl methyl sites for hydroxylation is 1. The molecule has 1 atom stereocenters. The van der Waals surface area contributed by atoms with Gasteiger partial charge in [0.15, 0.2) is 0 Å². The molecular formula is C25H34N2O4. The zero-order valence-corrected chi connectivity index (χ0v) is 18.9. The highest BCUT2D eigenvalue weighted by Gasteiger charge is 2.27. The smallest absolute Gasteiger partial charge is 0.242 e. The van der Waals surface area contributed by atoms with Crippen LogP contribution in [0, 0.1) is 12.8 Å². The largest absolute Gasteiger partial charge is 0.464 e. The summed E-state index contributed by atoms with van der Waals surface area (Å²) in [4.78, 5) is 29.7. The van der Waals surface area contributed by atoms with E-state index in [1.807, 2.05) is 63.2 Å². The van der Waals surface area contributed by atoms with Crippen LogP contribution in [0.4, 0.5) is 0 Å². The van der Waals surface area contributed by atoms with Gasteiger partial charge in [-0.2, -0.15) is 0 Å². The summed E-state index contributed by atoms with van der Waals surface area (Å²) in [6, 6.07) is 13.7. The van der Waals surface area contributed by atoms with E-state index >= 15 is 0 Å². The molecule has 6 nitrogen and oxygen atoms in total. The van der Waals surface area contributed by atoms with Crippen LogP contribution < -0.4 is 0 Å². The SMILES string of the molecule is Cc1ccc(CN(Cc2ccccc2)C(=O)CN(C[C@H]2CCCO2)C(=O)CC(C)C)o1. The second-order valence-electron chi connectivity index (χ2n) is 8.76. The molecule has 1 aromatic heterocycles. The Kier molecular flexibility index (Phi) is 8.29. The van der Waals surface area contributed by atoms with Crippen molar-refractivity contribution in [2.45, 2.75) is 59.2 Å². The minimum absolute atomic E-state index is 0.00681. The summed E-state index contributed by atoms with van der Waals surface area (Å²) >= 11 is 0. The van der Waals surface area contributed by atoms with Crippen LogP contribution in [0.25, 0.3) is 0 Å². The van der Waals surface area contributed by atoms with Gasteiger partial charge in [-0.1, -0.05) is 44.2 Å². The number of hydrogen-bond donors (Lipinski definition) is 0. The van der Waals surface area contributed by atoms with E-state index in [9.17, 15) is 9.59 Å². The van der Waals surface area contributed by atoms with Crippen molar-refractivity contribution in [3.63, 3.8) is 0 Å². The highest BCUT2D eigenvalue weighted by Crippen LogP contribution is 2.17. The third-order valence-corrected chi connectivity index (χ3v) is 5.42. The van der Waals surface area contributed by atoms with Gasteiger partial charge in [-0.25, -0.2) is 0 Å². The van der Waals surface area contributed by atoms with Crippen LogP contribution in [0.3, 0.4) is 0 Å².